The van der Waals surface area contributed by atoms with Crippen LogP contribution >= 0.6 is 0 Å². The van der Waals surface area contributed by atoms with Gasteiger partial charge in [0.15, 0.2) is 12.6 Å². The lowest BCUT2D eigenvalue weighted by Gasteiger charge is -2.46. The lowest BCUT2D eigenvalue weighted by Crippen LogP contribution is -2.65. The molecule has 2 fully saturated rings. The standard InChI is InChI=1S/C46H81NO13/c1-3-5-7-9-11-13-15-17-19-21-23-25-27-29-35(50)34(47-38(51)30-28-26-24-22-20-18-16-14-12-10-8-6-4-2)33-57-45-43(56)41(54)44(37(32-49)59-45)60-46-42(55)40(53)39(52)36(31-48)58-46/h8,10,14,16,19,21,27,29,34-37,39-46,48-50,52-56H,3-7,9,11-13,15,17-18,20,22-26,28,30-33H2,1-2H3,(H,47,51)/b10-8-,16-14-,21-19+,29-27+. The molecule has 12 atom stereocenters. The van der Waals surface area contributed by atoms with Crippen molar-refractivity contribution in [2.75, 3.05) is 19.8 Å². The third-order valence-corrected chi connectivity index (χ3v) is 11.0. The van der Waals surface area contributed by atoms with Crippen LogP contribution in [-0.4, -0.2) is 140 Å². The number of amides is 1. The van der Waals surface area contributed by atoms with E-state index in [-0.39, 0.29) is 18.9 Å². The molecule has 12 unspecified atom stereocenters. The Morgan fingerprint density at radius 3 is 1.80 bits per heavy atom. The molecule has 348 valence electrons. The number of carbonyl (C=O) groups excluding carboxylic acids is 1. The first kappa shape index (κ1) is 54.1. The summed E-state index contributed by atoms with van der Waals surface area (Å²) >= 11 is 0. The van der Waals surface area contributed by atoms with Gasteiger partial charge in [0.2, 0.25) is 5.91 Å². The van der Waals surface area contributed by atoms with Crippen LogP contribution in [0, 0.1) is 0 Å². The smallest absolute Gasteiger partial charge is 0.220 e. The van der Waals surface area contributed by atoms with E-state index in [2.05, 4.69) is 55.6 Å². The first-order chi connectivity index (χ1) is 29.1. The van der Waals surface area contributed by atoms with E-state index in [0.717, 1.165) is 64.2 Å². The number of carbonyl (C=O) groups is 1. The van der Waals surface area contributed by atoms with Gasteiger partial charge in [-0.05, 0) is 57.8 Å². The summed E-state index contributed by atoms with van der Waals surface area (Å²) in [5.74, 6) is -0.269. The van der Waals surface area contributed by atoms with E-state index in [1.54, 1.807) is 6.08 Å². The maximum atomic E-state index is 13.1. The molecule has 60 heavy (non-hydrogen) atoms. The third-order valence-electron chi connectivity index (χ3n) is 11.0. The summed E-state index contributed by atoms with van der Waals surface area (Å²) in [5, 5.41) is 86.4. The van der Waals surface area contributed by atoms with Gasteiger partial charge in [-0.15, -0.1) is 0 Å². The van der Waals surface area contributed by atoms with Crippen LogP contribution in [0.3, 0.4) is 0 Å². The molecule has 14 nitrogen and oxygen atoms in total. The van der Waals surface area contributed by atoms with E-state index in [4.69, 9.17) is 18.9 Å². The van der Waals surface area contributed by atoms with Gasteiger partial charge < -0.3 is 65.1 Å². The molecule has 0 aromatic rings. The highest BCUT2D eigenvalue weighted by molar-refractivity contribution is 5.76. The van der Waals surface area contributed by atoms with Gasteiger partial charge in [-0.3, -0.25) is 4.79 Å². The predicted molar refractivity (Wildman–Crippen MR) is 231 cm³/mol. The Labute approximate surface area is 359 Å². The molecular weight excluding hydrogens is 774 g/mol. The van der Waals surface area contributed by atoms with E-state index in [0.29, 0.717) is 12.8 Å². The van der Waals surface area contributed by atoms with Crippen LogP contribution in [0.2, 0.25) is 0 Å². The molecule has 0 saturated carbocycles. The van der Waals surface area contributed by atoms with Crippen molar-refractivity contribution >= 4 is 5.91 Å². The number of aliphatic hydroxyl groups is 8. The number of allylic oxidation sites excluding steroid dienone is 7. The summed E-state index contributed by atoms with van der Waals surface area (Å²) in [4.78, 5) is 13.1. The largest absolute Gasteiger partial charge is 0.394 e. The Balaban J connectivity index is 1.93. The second-order valence-corrected chi connectivity index (χ2v) is 16.2. The van der Waals surface area contributed by atoms with Crippen LogP contribution in [0.15, 0.2) is 48.6 Å². The van der Waals surface area contributed by atoms with E-state index in [1.165, 1.54) is 44.9 Å². The summed E-state index contributed by atoms with van der Waals surface area (Å²) in [5.41, 5.74) is 0. The number of hydrogen-bond donors (Lipinski definition) is 9. The summed E-state index contributed by atoms with van der Waals surface area (Å²) < 4.78 is 22.6. The molecule has 0 spiro atoms. The molecule has 0 radical (unpaired) electrons. The third kappa shape index (κ3) is 21.4. The van der Waals surface area contributed by atoms with Gasteiger partial charge in [0, 0.05) is 6.42 Å². The molecule has 0 aliphatic carbocycles. The lowest BCUT2D eigenvalue weighted by atomic mass is 9.97. The SMILES string of the molecule is CCC/C=C\C/C=C\CCCCCCCC(=O)NC(COC1OC(CO)C(OC2OC(CO)C(O)C(O)C2O)C(O)C1O)C(O)/C=C/CC/C=C/CCCCCCCCC. The summed E-state index contributed by atoms with van der Waals surface area (Å²) in [6.07, 6.45) is 20.2. The molecule has 2 aliphatic rings. The van der Waals surface area contributed by atoms with Crippen molar-refractivity contribution in [3.63, 3.8) is 0 Å². The number of hydrogen-bond acceptors (Lipinski definition) is 13. The predicted octanol–water partition coefficient (Wildman–Crippen LogP) is 4.54. The minimum Gasteiger partial charge on any atom is -0.394 e. The molecule has 14 heteroatoms. The van der Waals surface area contributed by atoms with Crippen molar-refractivity contribution < 1.29 is 64.6 Å². The second kappa shape index (κ2) is 33.5. The number of rotatable bonds is 33. The molecule has 2 heterocycles. The van der Waals surface area contributed by atoms with Crippen LogP contribution in [0.4, 0.5) is 0 Å². The minimum atomic E-state index is -1.79. The van der Waals surface area contributed by atoms with Crippen LogP contribution in [0.25, 0.3) is 0 Å². The van der Waals surface area contributed by atoms with E-state index >= 15 is 0 Å². The van der Waals surface area contributed by atoms with Crippen LogP contribution < -0.4 is 5.32 Å². The summed E-state index contributed by atoms with van der Waals surface area (Å²) in [6.45, 7) is 2.64. The first-order valence-corrected chi connectivity index (χ1v) is 22.9. The zero-order valence-corrected chi connectivity index (χ0v) is 36.4. The van der Waals surface area contributed by atoms with Gasteiger partial charge in [0.25, 0.3) is 0 Å². The highest BCUT2D eigenvalue weighted by atomic mass is 16.7. The molecular formula is C46H81NO13. The number of aliphatic hydroxyl groups excluding tert-OH is 8. The first-order valence-electron chi connectivity index (χ1n) is 22.9. The Morgan fingerprint density at radius 2 is 1.15 bits per heavy atom. The number of unbranched alkanes of at least 4 members (excludes halogenated alkanes) is 14. The Kier molecular flexibility index (Phi) is 30.2. The fourth-order valence-electron chi connectivity index (χ4n) is 7.16. The quantitative estimate of drug-likeness (QED) is 0.0327. The van der Waals surface area contributed by atoms with Crippen LogP contribution in [0.5, 0.6) is 0 Å². The Morgan fingerprint density at radius 1 is 0.600 bits per heavy atom. The summed E-state index contributed by atoms with van der Waals surface area (Å²) in [6, 6.07) is -0.936. The fraction of sp³-hybridized carbons (Fsp3) is 0.804. The number of ether oxygens (including phenoxy) is 4. The zero-order valence-electron chi connectivity index (χ0n) is 36.4. The van der Waals surface area contributed by atoms with Gasteiger partial charge in [-0.1, -0.05) is 127 Å². The van der Waals surface area contributed by atoms with Gasteiger partial charge in [-0.2, -0.15) is 0 Å². The molecule has 0 aromatic carbocycles. The summed E-state index contributed by atoms with van der Waals surface area (Å²) in [7, 11) is 0. The minimum absolute atomic E-state index is 0.255. The number of nitrogens with one attached hydrogen (secondary N) is 1. The monoisotopic (exact) mass is 856 g/mol. The van der Waals surface area contributed by atoms with Crippen molar-refractivity contribution in [2.45, 2.75) is 216 Å². The van der Waals surface area contributed by atoms with Crippen molar-refractivity contribution in [1.29, 1.82) is 0 Å². The maximum Gasteiger partial charge on any atom is 0.220 e. The molecule has 0 aromatic heterocycles. The average Bonchev–Trinajstić information content (AvgIpc) is 3.24. The van der Waals surface area contributed by atoms with Gasteiger partial charge in [-0.25, -0.2) is 0 Å². The molecule has 9 N–H and O–H groups in total. The van der Waals surface area contributed by atoms with Gasteiger partial charge in [0.1, 0.15) is 48.8 Å². The molecule has 2 saturated heterocycles. The normalized spacial score (nSPS) is 28.7. The van der Waals surface area contributed by atoms with E-state index in [9.17, 15) is 45.6 Å². The van der Waals surface area contributed by atoms with Crippen molar-refractivity contribution in [2.24, 2.45) is 0 Å². The Bertz CT molecular complexity index is 1200. The lowest BCUT2D eigenvalue weighted by molar-refractivity contribution is -0.359. The molecule has 1 amide bonds. The average molecular weight is 856 g/mol. The van der Waals surface area contributed by atoms with Crippen LogP contribution in [0.1, 0.15) is 142 Å². The molecule has 2 rings (SSSR count). The highest BCUT2D eigenvalue weighted by Gasteiger charge is 2.50. The fourth-order valence-corrected chi connectivity index (χ4v) is 7.16. The van der Waals surface area contributed by atoms with Gasteiger partial charge in [0.05, 0.1) is 32.0 Å². The van der Waals surface area contributed by atoms with Crippen molar-refractivity contribution in [3.05, 3.63) is 48.6 Å². The highest BCUT2D eigenvalue weighted by Crippen LogP contribution is 2.30. The van der Waals surface area contributed by atoms with E-state index < -0.39 is 86.8 Å². The van der Waals surface area contributed by atoms with Gasteiger partial charge >= 0.3 is 0 Å². The molecule has 0 bridgehead atoms. The maximum absolute atomic E-state index is 13.1. The van der Waals surface area contributed by atoms with E-state index in [1.807, 2.05) is 6.08 Å². The Hall–Kier alpha value is -2.05. The topological polar surface area (TPSA) is 228 Å². The second-order valence-electron chi connectivity index (χ2n) is 16.2. The zero-order chi connectivity index (χ0) is 44.0. The van der Waals surface area contributed by atoms with Crippen LogP contribution in [-0.2, 0) is 23.7 Å². The van der Waals surface area contributed by atoms with Crippen molar-refractivity contribution in [1.82, 2.24) is 5.32 Å². The molecule has 2 aliphatic heterocycles. The van der Waals surface area contributed by atoms with Crippen molar-refractivity contribution in [3.8, 4) is 0 Å².